The zero-order valence-electron chi connectivity index (χ0n) is 16.4. The molecule has 5 nitrogen and oxygen atoms in total. The Kier molecular flexibility index (Phi) is 6.42. The molecular weight excluding hydrogens is 435 g/mol. The number of nitrogens with one attached hydrogen (secondary N) is 2. The zero-order chi connectivity index (χ0) is 23.5. The number of carbonyl (C=O) groups is 2. The molecule has 0 bridgehead atoms. The van der Waals surface area contributed by atoms with Crippen molar-refractivity contribution in [2.75, 3.05) is 17.7 Å². The normalized spacial score (nSPS) is 11.1. The fourth-order valence-electron chi connectivity index (χ4n) is 2.77. The monoisotopic (exact) mass is 450 g/mol. The van der Waals surface area contributed by atoms with Gasteiger partial charge in [-0.3, -0.25) is 9.59 Å². The van der Waals surface area contributed by atoms with Gasteiger partial charge in [0, 0.05) is 17.3 Å². The lowest BCUT2D eigenvalue weighted by atomic mass is 10.1. The number of methoxy groups -OCH3 is 1. The molecule has 0 radical (unpaired) electrons. The summed E-state index contributed by atoms with van der Waals surface area (Å²) in [5.41, 5.74) is -2.53. The first kappa shape index (κ1) is 22.7. The van der Waals surface area contributed by atoms with Crippen LogP contribution in [0.4, 0.5) is 33.3 Å². The number of hydrogen-bond donors (Lipinski definition) is 2. The second-order valence-corrected chi connectivity index (χ2v) is 6.52. The first-order valence-corrected chi connectivity index (χ1v) is 9.01. The number of carbonyl (C=O) groups excluding carboxylic acids is 2. The largest absolute Gasteiger partial charge is 0.497 e. The molecule has 0 aromatic heterocycles. The van der Waals surface area contributed by atoms with Gasteiger partial charge in [0.05, 0.1) is 23.9 Å². The van der Waals surface area contributed by atoms with Gasteiger partial charge < -0.3 is 15.4 Å². The van der Waals surface area contributed by atoms with Gasteiger partial charge in [-0.15, -0.1) is 0 Å². The van der Waals surface area contributed by atoms with Gasteiger partial charge in [0.1, 0.15) is 17.4 Å². The molecule has 32 heavy (non-hydrogen) atoms. The minimum atomic E-state index is -4.89. The average Bonchev–Trinajstić information content (AvgIpc) is 2.74. The van der Waals surface area contributed by atoms with Crippen LogP contribution in [0.5, 0.6) is 5.75 Å². The number of halogens is 5. The maximum absolute atomic E-state index is 14.1. The van der Waals surface area contributed by atoms with Crippen LogP contribution in [0.2, 0.25) is 0 Å². The molecule has 10 heteroatoms. The quantitative estimate of drug-likeness (QED) is 0.505. The molecule has 0 aliphatic rings. The molecule has 3 rings (SSSR count). The minimum Gasteiger partial charge on any atom is -0.497 e. The van der Waals surface area contributed by atoms with Crippen LogP contribution in [0.15, 0.2) is 60.7 Å². The standard InChI is InChI=1S/C22H15F5N2O3/c1-32-15-7-8-16(18(24)11-15)21(31)29-19-9-6-14(10-17(19)22(25,26)27)28-20(30)12-2-4-13(23)5-3-12/h2-11H,1H3,(H,28,30)(H,29,31). The maximum Gasteiger partial charge on any atom is 0.418 e. The molecule has 0 atom stereocenters. The van der Waals surface area contributed by atoms with Crippen LogP contribution >= 0.6 is 0 Å². The van der Waals surface area contributed by atoms with Crippen molar-refractivity contribution >= 4 is 23.2 Å². The summed E-state index contributed by atoms with van der Waals surface area (Å²) in [6.45, 7) is 0. The Bertz CT molecular complexity index is 1160. The highest BCUT2D eigenvalue weighted by atomic mass is 19.4. The fourth-order valence-corrected chi connectivity index (χ4v) is 2.77. The SMILES string of the molecule is COc1ccc(C(=O)Nc2ccc(NC(=O)c3ccc(F)cc3)cc2C(F)(F)F)c(F)c1. The lowest BCUT2D eigenvalue weighted by Gasteiger charge is -2.16. The summed E-state index contributed by atoms with van der Waals surface area (Å²) in [6.07, 6.45) is -4.89. The Balaban J connectivity index is 1.86. The number of benzene rings is 3. The molecule has 0 heterocycles. The van der Waals surface area contributed by atoms with E-state index in [1.54, 1.807) is 0 Å². The number of hydrogen-bond acceptors (Lipinski definition) is 3. The molecule has 3 aromatic carbocycles. The molecule has 0 aliphatic carbocycles. The second kappa shape index (κ2) is 9.04. The Morgan fingerprint density at radius 1 is 0.844 bits per heavy atom. The Hall–Kier alpha value is -3.95. The van der Waals surface area contributed by atoms with E-state index in [0.29, 0.717) is 6.07 Å². The third-order valence-corrected chi connectivity index (χ3v) is 4.36. The first-order chi connectivity index (χ1) is 15.1. The predicted molar refractivity (Wildman–Crippen MR) is 107 cm³/mol. The van der Waals surface area contributed by atoms with E-state index in [-0.39, 0.29) is 17.0 Å². The molecule has 0 aliphatic heterocycles. The third kappa shape index (κ3) is 5.20. The van der Waals surface area contributed by atoms with E-state index in [9.17, 15) is 31.5 Å². The smallest absolute Gasteiger partial charge is 0.418 e. The van der Waals surface area contributed by atoms with Crippen LogP contribution in [-0.4, -0.2) is 18.9 Å². The molecule has 166 valence electrons. The van der Waals surface area contributed by atoms with Gasteiger partial charge in [0.25, 0.3) is 11.8 Å². The van der Waals surface area contributed by atoms with Crippen LogP contribution in [-0.2, 0) is 6.18 Å². The zero-order valence-corrected chi connectivity index (χ0v) is 16.4. The van der Waals surface area contributed by atoms with Gasteiger partial charge in [-0.25, -0.2) is 8.78 Å². The number of ether oxygens (including phenoxy) is 1. The number of rotatable bonds is 5. The third-order valence-electron chi connectivity index (χ3n) is 4.36. The highest BCUT2D eigenvalue weighted by molar-refractivity contribution is 6.06. The Morgan fingerprint density at radius 3 is 2.12 bits per heavy atom. The highest BCUT2D eigenvalue weighted by Gasteiger charge is 2.34. The second-order valence-electron chi connectivity index (χ2n) is 6.52. The van der Waals surface area contributed by atoms with Gasteiger partial charge in [0.2, 0.25) is 0 Å². The van der Waals surface area contributed by atoms with Crippen molar-refractivity contribution in [1.82, 2.24) is 0 Å². The van der Waals surface area contributed by atoms with Gasteiger partial charge in [0.15, 0.2) is 0 Å². The Morgan fingerprint density at radius 2 is 1.53 bits per heavy atom. The highest BCUT2D eigenvalue weighted by Crippen LogP contribution is 2.37. The fraction of sp³-hybridized carbons (Fsp3) is 0.0909. The van der Waals surface area contributed by atoms with Crippen LogP contribution < -0.4 is 15.4 Å². The van der Waals surface area contributed by atoms with Crippen molar-refractivity contribution in [2.45, 2.75) is 6.18 Å². The van der Waals surface area contributed by atoms with Crippen molar-refractivity contribution < 1.29 is 36.3 Å². The van der Waals surface area contributed by atoms with Crippen molar-refractivity contribution in [3.05, 3.63) is 89.0 Å². The molecule has 0 fully saturated rings. The topological polar surface area (TPSA) is 67.4 Å². The summed E-state index contributed by atoms with van der Waals surface area (Å²) in [4.78, 5) is 24.5. The maximum atomic E-state index is 14.1. The van der Waals surface area contributed by atoms with Crippen LogP contribution in [0, 0.1) is 11.6 Å². The molecule has 2 amide bonds. The summed E-state index contributed by atoms with van der Waals surface area (Å²) < 4.78 is 72.6. The van der Waals surface area contributed by atoms with E-state index in [4.69, 9.17) is 4.74 Å². The van der Waals surface area contributed by atoms with Gasteiger partial charge >= 0.3 is 6.18 Å². The predicted octanol–water partition coefficient (Wildman–Crippen LogP) is 5.50. The molecule has 0 spiro atoms. The van der Waals surface area contributed by atoms with Crippen molar-refractivity contribution in [2.24, 2.45) is 0 Å². The van der Waals surface area contributed by atoms with E-state index < -0.39 is 46.4 Å². The molecule has 0 saturated carbocycles. The van der Waals surface area contributed by atoms with Gasteiger partial charge in [-0.1, -0.05) is 0 Å². The molecule has 3 aromatic rings. The lowest BCUT2D eigenvalue weighted by Crippen LogP contribution is -2.19. The Labute approximate surface area is 178 Å². The van der Waals surface area contributed by atoms with Gasteiger partial charge in [-0.2, -0.15) is 13.2 Å². The number of anilines is 2. The lowest BCUT2D eigenvalue weighted by molar-refractivity contribution is -0.136. The average molecular weight is 450 g/mol. The molecule has 2 N–H and O–H groups in total. The van der Waals surface area contributed by atoms with E-state index in [2.05, 4.69) is 5.32 Å². The number of amides is 2. The summed E-state index contributed by atoms with van der Waals surface area (Å²) in [5.74, 6) is -3.27. The molecule has 0 unspecified atom stereocenters. The minimum absolute atomic E-state index is 0.0346. The van der Waals surface area contributed by atoms with Crippen LogP contribution in [0.1, 0.15) is 26.3 Å². The summed E-state index contributed by atoms with van der Waals surface area (Å²) in [7, 11) is 1.29. The summed E-state index contributed by atoms with van der Waals surface area (Å²) in [6, 6.07) is 10.4. The first-order valence-electron chi connectivity index (χ1n) is 9.01. The molecule has 0 saturated heterocycles. The van der Waals surface area contributed by atoms with E-state index in [1.165, 1.54) is 25.3 Å². The van der Waals surface area contributed by atoms with Gasteiger partial charge in [-0.05, 0) is 54.6 Å². The van der Waals surface area contributed by atoms with Crippen molar-refractivity contribution in [3.63, 3.8) is 0 Å². The van der Waals surface area contributed by atoms with Crippen molar-refractivity contribution in [1.29, 1.82) is 0 Å². The summed E-state index contributed by atoms with van der Waals surface area (Å²) in [5, 5.41) is 4.31. The van der Waals surface area contributed by atoms with Crippen LogP contribution in [0.25, 0.3) is 0 Å². The van der Waals surface area contributed by atoms with Crippen molar-refractivity contribution in [3.8, 4) is 5.75 Å². The van der Waals surface area contributed by atoms with Crippen LogP contribution in [0.3, 0.4) is 0 Å². The van der Waals surface area contributed by atoms with E-state index >= 15 is 0 Å². The number of alkyl halides is 3. The summed E-state index contributed by atoms with van der Waals surface area (Å²) >= 11 is 0. The van der Waals surface area contributed by atoms with E-state index in [1.807, 2.05) is 5.32 Å². The van der Waals surface area contributed by atoms with E-state index in [0.717, 1.165) is 36.4 Å². The molecular formula is C22H15F5N2O3.